The maximum Gasteiger partial charge on any atom is 0.407 e. The Kier molecular flexibility index (Phi) is 3.98. The van der Waals surface area contributed by atoms with E-state index in [2.05, 4.69) is 0 Å². The molecule has 1 aromatic carbocycles. The van der Waals surface area contributed by atoms with Crippen LogP contribution in [0.25, 0.3) is 0 Å². The number of carboxylic acid groups (broad SMARTS) is 1. The topological polar surface area (TPSA) is 75.8 Å². The van der Waals surface area contributed by atoms with Gasteiger partial charge >= 0.3 is 6.09 Å². The molecule has 2 atom stereocenters. The summed E-state index contributed by atoms with van der Waals surface area (Å²) in [6, 6.07) is 3.73. The zero-order valence-corrected chi connectivity index (χ0v) is 12.5. The molecule has 1 aromatic rings. The summed E-state index contributed by atoms with van der Waals surface area (Å²) in [6.07, 6.45) is -0.702. The standard InChI is InChI=1S/C15H21FN2O3/c1-15(2,3)13-12(4-5-18(13)14(19)20)21-11-7-9(16)6-10(17)8-11/h6-8,12-13H,4-5,17H2,1-3H3,(H,19,20)/t12?,13-/m0/s1. The minimum Gasteiger partial charge on any atom is -0.488 e. The monoisotopic (exact) mass is 296 g/mol. The molecule has 1 heterocycles. The van der Waals surface area contributed by atoms with Gasteiger partial charge in [-0.2, -0.15) is 0 Å². The summed E-state index contributed by atoms with van der Waals surface area (Å²) in [5, 5.41) is 9.31. The van der Waals surface area contributed by atoms with Crippen molar-refractivity contribution in [2.45, 2.75) is 39.3 Å². The van der Waals surface area contributed by atoms with Gasteiger partial charge in [0.1, 0.15) is 17.7 Å². The van der Waals surface area contributed by atoms with E-state index in [4.69, 9.17) is 10.5 Å². The Labute approximate surface area is 123 Å². The molecule has 1 amide bonds. The molecule has 1 fully saturated rings. The molecule has 0 aliphatic carbocycles. The van der Waals surface area contributed by atoms with Crippen molar-refractivity contribution in [3.63, 3.8) is 0 Å². The van der Waals surface area contributed by atoms with E-state index in [-0.39, 0.29) is 23.2 Å². The molecular formula is C15H21FN2O3. The number of halogens is 1. The summed E-state index contributed by atoms with van der Waals surface area (Å²) in [4.78, 5) is 12.8. The van der Waals surface area contributed by atoms with Crippen LogP contribution in [0, 0.1) is 11.2 Å². The first kappa shape index (κ1) is 15.4. The molecule has 1 aliphatic heterocycles. The van der Waals surface area contributed by atoms with E-state index in [1.165, 1.54) is 17.0 Å². The number of likely N-dealkylation sites (tertiary alicyclic amines) is 1. The number of benzene rings is 1. The fourth-order valence-electron chi connectivity index (χ4n) is 2.95. The fourth-order valence-corrected chi connectivity index (χ4v) is 2.95. The van der Waals surface area contributed by atoms with Gasteiger partial charge in [-0.3, -0.25) is 0 Å². The van der Waals surface area contributed by atoms with E-state index < -0.39 is 11.9 Å². The molecule has 0 saturated carbocycles. The van der Waals surface area contributed by atoms with Crippen LogP contribution in [0.1, 0.15) is 27.2 Å². The zero-order valence-electron chi connectivity index (χ0n) is 12.5. The number of hydrogen-bond acceptors (Lipinski definition) is 3. The normalized spacial score (nSPS) is 22.4. The van der Waals surface area contributed by atoms with E-state index in [1.807, 2.05) is 20.8 Å². The molecule has 6 heteroatoms. The molecule has 0 bridgehead atoms. The number of nitrogens with two attached hydrogens (primary N) is 1. The van der Waals surface area contributed by atoms with E-state index in [0.717, 1.165) is 0 Å². The van der Waals surface area contributed by atoms with E-state index in [9.17, 15) is 14.3 Å². The number of hydrogen-bond donors (Lipinski definition) is 2. The molecule has 1 aliphatic rings. The first-order valence-corrected chi connectivity index (χ1v) is 6.91. The molecule has 1 saturated heterocycles. The minimum atomic E-state index is -0.959. The number of amides is 1. The number of rotatable bonds is 2. The van der Waals surface area contributed by atoms with Gasteiger partial charge in [0.15, 0.2) is 0 Å². The van der Waals surface area contributed by atoms with Gasteiger partial charge in [0.25, 0.3) is 0 Å². The van der Waals surface area contributed by atoms with Gasteiger partial charge in [-0.15, -0.1) is 0 Å². The third-order valence-corrected chi connectivity index (χ3v) is 3.66. The second-order valence-electron chi connectivity index (χ2n) is 6.45. The molecule has 116 valence electrons. The number of ether oxygens (including phenoxy) is 1. The average molecular weight is 296 g/mol. The highest BCUT2D eigenvalue weighted by Crippen LogP contribution is 2.35. The average Bonchev–Trinajstić information content (AvgIpc) is 2.70. The molecule has 5 nitrogen and oxygen atoms in total. The highest BCUT2D eigenvalue weighted by Gasteiger charge is 2.45. The maximum atomic E-state index is 13.4. The van der Waals surface area contributed by atoms with Gasteiger partial charge < -0.3 is 20.5 Å². The number of nitrogens with zero attached hydrogens (tertiary/aromatic N) is 1. The molecule has 0 aromatic heterocycles. The van der Waals surface area contributed by atoms with Gasteiger partial charge in [0.05, 0.1) is 6.04 Å². The summed E-state index contributed by atoms with van der Waals surface area (Å²) in [6.45, 7) is 6.31. The Bertz CT molecular complexity index is 522. The zero-order chi connectivity index (χ0) is 15.8. The number of nitrogen functional groups attached to an aromatic ring is 1. The molecule has 3 N–H and O–H groups in total. The largest absolute Gasteiger partial charge is 0.488 e. The van der Waals surface area contributed by atoms with Crippen molar-refractivity contribution in [1.82, 2.24) is 4.90 Å². The van der Waals surface area contributed by atoms with E-state index in [1.54, 1.807) is 6.07 Å². The molecule has 0 radical (unpaired) electrons. The van der Waals surface area contributed by atoms with Crippen LogP contribution in [0.5, 0.6) is 5.75 Å². The summed E-state index contributed by atoms with van der Waals surface area (Å²) in [5.41, 5.74) is 5.61. The smallest absolute Gasteiger partial charge is 0.407 e. The predicted molar refractivity (Wildman–Crippen MR) is 77.8 cm³/mol. The van der Waals surface area contributed by atoms with Crippen LogP contribution >= 0.6 is 0 Å². The Morgan fingerprint density at radius 2 is 2.10 bits per heavy atom. The predicted octanol–water partition coefficient (Wildman–Crippen LogP) is 2.95. The van der Waals surface area contributed by atoms with Gasteiger partial charge in [0, 0.05) is 30.8 Å². The lowest BCUT2D eigenvalue weighted by Crippen LogP contribution is -2.48. The lowest BCUT2D eigenvalue weighted by Gasteiger charge is -2.36. The quantitative estimate of drug-likeness (QED) is 0.823. The second kappa shape index (κ2) is 5.42. The SMILES string of the molecule is CC(C)(C)[C@@H]1C(Oc2cc(N)cc(F)c2)CCN1C(=O)O. The van der Waals surface area contributed by atoms with Crippen LogP contribution in [0.2, 0.25) is 0 Å². The molecule has 1 unspecified atom stereocenters. The number of anilines is 1. The lowest BCUT2D eigenvalue weighted by atomic mass is 9.84. The van der Waals surface area contributed by atoms with Crippen LogP contribution in [0.3, 0.4) is 0 Å². The third kappa shape index (κ3) is 3.37. The Morgan fingerprint density at radius 3 is 2.62 bits per heavy atom. The van der Waals surface area contributed by atoms with Gasteiger partial charge in [-0.1, -0.05) is 20.8 Å². The van der Waals surface area contributed by atoms with Crippen LogP contribution in [0.4, 0.5) is 14.9 Å². The number of carbonyl (C=O) groups is 1. The van der Waals surface area contributed by atoms with Crippen molar-refractivity contribution in [3.05, 3.63) is 24.0 Å². The van der Waals surface area contributed by atoms with Crippen molar-refractivity contribution in [3.8, 4) is 5.75 Å². The van der Waals surface area contributed by atoms with Crippen LogP contribution < -0.4 is 10.5 Å². The van der Waals surface area contributed by atoms with Crippen molar-refractivity contribution in [2.24, 2.45) is 5.41 Å². The summed E-state index contributed by atoms with van der Waals surface area (Å²) in [5.74, 6) is -0.135. The van der Waals surface area contributed by atoms with Crippen molar-refractivity contribution in [2.75, 3.05) is 12.3 Å². The maximum absolute atomic E-state index is 13.4. The second-order valence-corrected chi connectivity index (χ2v) is 6.45. The summed E-state index contributed by atoms with van der Waals surface area (Å²) >= 11 is 0. The highest BCUT2D eigenvalue weighted by molar-refractivity contribution is 5.66. The fraction of sp³-hybridized carbons (Fsp3) is 0.533. The van der Waals surface area contributed by atoms with Crippen LogP contribution in [-0.4, -0.2) is 34.8 Å². The highest BCUT2D eigenvalue weighted by atomic mass is 19.1. The summed E-state index contributed by atoms with van der Waals surface area (Å²) < 4.78 is 19.2. The Balaban J connectivity index is 2.24. The van der Waals surface area contributed by atoms with Crippen LogP contribution in [-0.2, 0) is 0 Å². The van der Waals surface area contributed by atoms with Crippen molar-refractivity contribution < 1.29 is 19.0 Å². The van der Waals surface area contributed by atoms with E-state index in [0.29, 0.717) is 18.7 Å². The molecule has 21 heavy (non-hydrogen) atoms. The third-order valence-electron chi connectivity index (χ3n) is 3.66. The Morgan fingerprint density at radius 1 is 1.43 bits per heavy atom. The first-order chi connectivity index (χ1) is 9.68. The lowest BCUT2D eigenvalue weighted by molar-refractivity contribution is 0.0571. The van der Waals surface area contributed by atoms with Crippen LogP contribution in [0.15, 0.2) is 18.2 Å². The van der Waals surface area contributed by atoms with Gasteiger partial charge in [-0.25, -0.2) is 9.18 Å². The summed E-state index contributed by atoms with van der Waals surface area (Å²) in [7, 11) is 0. The molecular weight excluding hydrogens is 275 g/mol. The van der Waals surface area contributed by atoms with Crippen molar-refractivity contribution >= 4 is 11.8 Å². The molecule has 0 spiro atoms. The minimum absolute atomic E-state index is 0.279. The first-order valence-electron chi connectivity index (χ1n) is 6.91. The molecule has 2 rings (SSSR count). The van der Waals surface area contributed by atoms with Gasteiger partial charge in [-0.05, 0) is 11.5 Å². The Hall–Kier alpha value is -1.98. The van der Waals surface area contributed by atoms with E-state index >= 15 is 0 Å². The van der Waals surface area contributed by atoms with Gasteiger partial charge in [0.2, 0.25) is 0 Å². The van der Waals surface area contributed by atoms with Crippen molar-refractivity contribution in [1.29, 1.82) is 0 Å².